The van der Waals surface area contributed by atoms with E-state index in [9.17, 15) is 9.18 Å². The van der Waals surface area contributed by atoms with Crippen LogP contribution in [0.3, 0.4) is 0 Å². The van der Waals surface area contributed by atoms with Crippen molar-refractivity contribution in [1.82, 2.24) is 9.62 Å². The summed E-state index contributed by atoms with van der Waals surface area (Å²) >= 11 is 13.6. The van der Waals surface area contributed by atoms with E-state index in [4.69, 9.17) is 27.9 Å². The molecule has 8 heteroatoms. The first-order chi connectivity index (χ1) is 16.2. The number of amides is 1. The number of piperidine rings is 1. The van der Waals surface area contributed by atoms with Gasteiger partial charge in [0.15, 0.2) is 0 Å². The first-order valence-corrected chi connectivity index (χ1v) is 13.7. The van der Waals surface area contributed by atoms with Gasteiger partial charge in [0, 0.05) is 27.9 Å². The molecule has 4 rings (SSSR count). The largest absolute Gasteiger partial charge is 0.493 e. The molecule has 0 radical (unpaired) electrons. The number of hydrogen-bond donors (Lipinski definition) is 1. The van der Waals surface area contributed by atoms with Gasteiger partial charge in [-0.15, -0.1) is 0 Å². The van der Waals surface area contributed by atoms with Gasteiger partial charge >= 0.3 is 0 Å². The van der Waals surface area contributed by atoms with Crippen LogP contribution in [0.25, 0.3) is 0 Å². The van der Waals surface area contributed by atoms with Crippen LogP contribution in [-0.2, 0) is 5.54 Å². The Kier molecular flexibility index (Phi) is 8.02. The van der Waals surface area contributed by atoms with Crippen molar-refractivity contribution in [1.29, 1.82) is 0 Å². The highest BCUT2D eigenvalue weighted by Gasteiger charge is 2.33. The third kappa shape index (κ3) is 5.84. The molecule has 1 heterocycles. The topological polar surface area (TPSA) is 41.6 Å². The van der Waals surface area contributed by atoms with Gasteiger partial charge in [-0.05, 0) is 99.8 Å². The Morgan fingerprint density at radius 2 is 1.76 bits per heavy atom. The molecule has 1 saturated carbocycles. The fourth-order valence-corrected chi connectivity index (χ4v) is 5.51. The van der Waals surface area contributed by atoms with Crippen LogP contribution in [-0.4, -0.2) is 36.8 Å². The Morgan fingerprint density at radius 1 is 1.12 bits per heavy atom. The summed E-state index contributed by atoms with van der Waals surface area (Å²) in [5.74, 6) is 0.377. The van der Waals surface area contributed by atoms with Gasteiger partial charge < -0.3 is 4.74 Å². The number of benzene rings is 2. The van der Waals surface area contributed by atoms with Gasteiger partial charge in [0.05, 0.1) is 12.2 Å². The molecule has 34 heavy (non-hydrogen) atoms. The van der Waals surface area contributed by atoms with Gasteiger partial charge in [-0.3, -0.25) is 14.4 Å². The van der Waals surface area contributed by atoms with Crippen molar-refractivity contribution in [2.24, 2.45) is 5.92 Å². The van der Waals surface area contributed by atoms with E-state index in [1.165, 1.54) is 6.07 Å². The van der Waals surface area contributed by atoms with Crippen LogP contribution in [0.5, 0.6) is 5.75 Å². The zero-order valence-electron chi connectivity index (χ0n) is 19.8. The summed E-state index contributed by atoms with van der Waals surface area (Å²) < 4.78 is 23.4. The zero-order chi connectivity index (χ0) is 24.5. The maximum absolute atomic E-state index is 14.7. The van der Waals surface area contributed by atoms with Gasteiger partial charge in [0.1, 0.15) is 11.6 Å². The second kappa shape index (κ2) is 10.7. The van der Waals surface area contributed by atoms with Crippen molar-refractivity contribution in [3.63, 3.8) is 0 Å². The number of carbonyl (C=O) groups excluding carboxylic acids is 1. The van der Waals surface area contributed by atoms with Gasteiger partial charge in [0.25, 0.3) is 5.91 Å². The molecule has 4 nitrogen and oxygen atoms in total. The van der Waals surface area contributed by atoms with Crippen molar-refractivity contribution < 1.29 is 13.9 Å². The molecule has 1 saturated heterocycles. The highest BCUT2D eigenvalue weighted by molar-refractivity contribution is 7.97. The average Bonchev–Trinajstić information content (AvgIpc) is 3.63. The fraction of sp³-hybridized carbons (Fsp3) is 0.500. The number of halogens is 3. The molecule has 0 atom stereocenters. The molecular weight excluding hydrogens is 494 g/mol. The lowest BCUT2D eigenvalue weighted by molar-refractivity contribution is 0.0596. The molecule has 184 valence electrons. The van der Waals surface area contributed by atoms with E-state index < -0.39 is 11.7 Å². The van der Waals surface area contributed by atoms with Crippen LogP contribution in [0, 0.1) is 11.7 Å². The lowest BCUT2D eigenvalue weighted by atomic mass is 9.88. The van der Waals surface area contributed by atoms with Crippen molar-refractivity contribution >= 4 is 41.1 Å². The van der Waals surface area contributed by atoms with Crippen LogP contribution in [0.1, 0.15) is 66.9 Å². The van der Waals surface area contributed by atoms with Gasteiger partial charge in [-0.1, -0.05) is 35.1 Å². The molecular formula is C26H31Cl2FN2O2S. The summed E-state index contributed by atoms with van der Waals surface area (Å²) in [4.78, 5) is 14.7. The summed E-state index contributed by atoms with van der Waals surface area (Å²) in [5.41, 5.74) is 1.95. The average molecular weight is 526 g/mol. The number of hydrogen-bond acceptors (Lipinski definition) is 4. The van der Waals surface area contributed by atoms with Crippen LogP contribution in [0.4, 0.5) is 4.39 Å². The number of ether oxygens (including phenoxy) is 1. The second-order valence-electron chi connectivity index (χ2n) is 9.74. The molecule has 1 N–H and O–H groups in total. The van der Waals surface area contributed by atoms with E-state index >= 15 is 0 Å². The quantitative estimate of drug-likeness (QED) is 0.375. The van der Waals surface area contributed by atoms with E-state index in [0.717, 1.165) is 61.8 Å². The molecule has 1 amide bonds. The highest BCUT2D eigenvalue weighted by atomic mass is 35.5. The van der Waals surface area contributed by atoms with E-state index in [2.05, 4.69) is 23.5 Å². The van der Waals surface area contributed by atoms with Crippen molar-refractivity contribution in [2.75, 3.05) is 26.0 Å². The van der Waals surface area contributed by atoms with Crippen LogP contribution in [0.15, 0.2) is 30.3 Å². The molecule has 0 spiro atoms. The molecule has 0 aromatic heterocycles. The molecule has 2 aliphatic rings. The number of likely N-dealkylation sites (tertiary alicyclic amines) is 1. The molecule has 0 bridgehead atoms. The summed E-state index contributed by atoms with van der Waals surface area (Å²) in [5, 5.41) is 1.30. The number of nitrogens with zero attached hydrogens (tertiary/aromatic N) is 1. The van der Waals surface area contributed by atoms with E-state index in [1.54, 1.807) is 18.4 Å². The van der Waals surface area contributed by atoms with Crippen LogP contribution < -0.4 is 9.46 Å². The first kappa shape index (κ1) is 25.6. The summed E-state index contributed by atoms with van der Waals surface area (Å²) in [6.07, 6.45) is 5.82. The highest BCUT2D eigenvalue weighted by Crippen LogP contribution is 2.45. The standard InChI is InChI=1S/C26H31Cl2FN2O2S/c1-26(2,18-10-19(27)12-20(28)11-18)31-8-6-16(7-9-31)15-33-24-14-23(29)22(25(32)30-34-3)13-21(24)17-4-5-17/h10-14,16-17H,4-9,15H2,1-3H3,(H,30,32). The Balaban J connectivity index is 1.39. The van der Waals surface area contributed by atoms with Crippen molar-refractivity contribution in [3.05, 3.63) is 62.9 Å². The SMILES string of the molecule is CSNC(=O)c1cc(C2CC2)c(OCC2CCN(C(C)(C)c3cc(Cl)cc(Cl)c3)CC2)cc1F. The summed E-state index contributed by atoms with van der Waals surface area (Å²) in [6.45, 7) is 6.81. The lowest BCUT2D eigenvalue weighted by Crippen LogP contribution is -2.46. The third-order valence-electron chi connectivity index (χ3n) is 7.00. The number of rotatable bonds is 8. The Hall–Kier alpha value is -1.47. The van der Waals surface area contributed by atoms with Crippen LogP contribution >= 0.6 is 35.1 Å². The van der Waals surface area contributed by atoms with Crippen molar-refractivity contribution in [3.8, 4) is 5.75 Å². The lowest BCUT2D eigenvalue weighted by Gasteiger charge is -2.43. The molecule has 1 aliphatic carbocycles. The zero-order valence-corrected chi connectivity index (χ0v) is 22.1. The molecule has 2 aromatic carbocycles. The normalized spacial score (nSPS) is 17.6. The van der Waals surface area contributed by atoms with E-state index in [0.29, 0.717) is 34.2 Å². The molecule has 2 fully saturated rings. The Morgan fingerprint density at radius 3 is 2.35 bits per heavy atom. The number of carbonyl (C=O) groups is 1. The smallest absolute Gasteiger partial charge is 0.264 e. The van der Waals surface area contributed by atoms with Gasteiger partial charge in [0.2, 0.25) is 0 Å². The van der Waals surface area contributed by atoms with Crippen molar-refractivity contribution in [2.45, 2.75) is 51.0 Å². The van der Waals surface area contributed by atoms with E-state index in [-0.39, 0.29) is 11.1 Å². The molecule has 1 aliphatic heterocycles. The molecule has 0 unspecified atom stereocenters. The third-order valence-corrected chi connectivity index (χ3v) is 7.83. The summed E-state index contributed by atoms with van der Waals surface area (Å²) in [6, 6.07) is 8.80. The van der Waals surface area contributed by atoms with E-state index in [1.807, 2.05) is 12.1 Å². The number of nitrogens with one attached hydrogen (secondary N) is 1. The minimum Gasteiger partial charge on any atom is -0.493 e. The minimum atomic E-state index is -0.539. The first-order valence-electron chi connectivity index (χ1n) is 11.7. The Bertz CT molecular complexity index is 1030. The molecule has 2 aromatic rings. The maximum Gasteiger partial charge on any atom is 0.264 e. The Labute approximate surface area is 215 Å². The van der Waals surface area contributed by atoms with Crippen LogP contribution in [0.2, 0.25) is 10.0 Å². The second-order valence-corrected chi connectivity index (χ2v) is 11.2. The fourth-order valence-electron chi connectivity index (χ4n) is 4.69. The predicted octanol–water partition coefficient (Wildman–Crippen LogP) is 7.04. The summed E-state index contributed by atoms with van der Waals surface area (Å²) in [7, 11) is 0. The monoisotopic (exact) mass is 524 g/mol. The minimum absolute atomic E-state index is 0.0836. The van der Waals surface area contributed by atoms with Gasteiger partial charge in [-0.25, -0.2) is 4.39 Å². The maximum atomic E-state index is 14.7. The van der Waals surface area contributed by atoms with Gasteiger partial charge in [-0.2, -0.15) is 0 Å². The predicted molar refractivity (Wildman–Crippen MR) is 139 cm³/mol.